The number of carbonyl (C=O) groups is 1. The van der Waals surface area contributed by atoms with Gasteiger partial charge in [-0.3, -0.25) is 9.59 Å². The fourth-order valence-electron chi connectivity index (χ4n) is 4.52. The van der Waals surface area contributed by atoms with Crippen molar-refractivity contribution < 1.29 is 14.3 Å². The predicted octanol–water partition coefficient (Wildman–Crippen LogP) is 1.93. The molecule has 3 aromatic rings. The molecule has 1 unspecified atom stereocenters. The summed E-state index contributed by atoms with van der Waals surface area (Å²) in [6.45, 7) is 1.30. The van der Waals surface area contributed by atoms with Crippen LogP contribution >= 0.6 is 0 Å². The first-order valence-electron chi connectivity index (χ1n) is 11.5. The lowest BCUT2D eigenvalue weighted by atomic mass is 9.89. The van der Waals surface area contributed by atoms with Gasteiger partial charge in [-0.1, -0.05) is 0 Å². The molecule has 1 aliphatic carbocycles. The van der Waals surface area contributed by atoms with Gasteiger partial charge in [-0.05, 0) is 37.8 Å². The minimum atomic E-state index is -0.271. The normalized spacial score (nSPS) is 20.6. The van der Waals surface area contributed by atoms with Crippen molar-refractivity contribution in [2.24, 2.45) is 0 Å². The van der Waals surface area contributed by atoms with Crippen LogP contribution in [0.3, 0.4) is 0 Å². The van der Waals surface area contributed by atoms with Crippen LogP contribution in [0.4, 0.5) is 17.2 Å². The van der Waals surface area contributed by atoms with Gasteiger partial charge in [0.05, 0.1) is 24.0 Å². The predicted molar refractivity (Wildman–Crippen MR) is 127 cm³/mol. The Kier molecular flexibility index (Phi) is 6.20. The van der Waals surface area contributed by atoms with Crippen molar-refractivity contribution in [3.8, 4) is 0 Å². The largest absolute Gasteiger partial charge is 0.385 e. The average molecular weight is 468 g/mol. The molecular weight excluding hydrogens is 438 g/mol. The number of pyridine rings is 1. The summed E-state index contributed by atoms with van der Waals surface area (Å²) in [5, 5.41) is 13.8. The topological polar surface area (TPSA) is 124 Å². The van der Waals surface area contributed by atoms with Crippen LogP contribution in [0, 0.1) is 0 Å². The van der Waals surface area contributed by atoms with E-state index in [1.54, 1.807) is 30.9 Å². The van der Waals surface area contributed by atoms with Gasteiger partial charge in [0.15, 0.2) is 17.2 Å². The molecule has 1 amide bonds. The Balaban J connectivity index is 1.44. The Morgan fingerprint density at radius 3 is 2.74 bits per heavy atom. The summed E-state index contributed by atoms with van der Waals surface area (Å²) in [6.07, 6.45) is 6.74. The summed E-state index contributed by atoms with van der Waals surface area (Å²) in [5.41, 5.74) is 1.79. The van der Waals surface area contributed by atoms with Crippen LogP contribution in [-0.2, 0) is 9.47 Å². The van der Waals surface area contributed by atoms with E-state index >= 15 is 0 Å². The number of aromatic nitrogens is 4. The summed E-state index contributed by atoms with van der Waals surface area (Å²) >= 11 is 0. The second-order valence-electron chi connectivity index (χ2n) is 8.61. The third kappa shape index (κ3) is 4.12. The lowest BCUT2D eigenvalue weighted by Crippen LogP contribution is -2.51. The van der Waals surface area contributed by atoms with Gasteiger partial charge in [0.1, 0.15) is 5.69 Å². The summed E-state index contributed by atoms with van der Waals surface area (Å²) in [6, 6.07) is 5.42. The lowest BCUT2D eigenvalue weighted by Gasteiger charge is -2.35. The van der Waals surface area contributed by atoms with Crippen molar-refractivity contribution in [3.05, 3.63) is 46.6 Å². The van der Waals surface area contributed by atoms with Gasteiger partial charge in [0, 0.05) is 45.7 Å². The number of hydrogen-bond donors (Lipinski definition) is 3. The van der Waals surface area contributed by atoms with E-state index in [-0.39, 0.29) is 29.7 Å². The Labute approximate surface area is 196 Å². The fourth-order valence-corrected chi connectivity index (χ4v) is 4.52. The van der Waals surface area contributed by atoms with Crippen molar-refractivity contribution in [1.82, 2.24) is 24.5 Å². The number of hydrogen-bond acceptors (Lipinski definition) is 8. The Morgan fingerprint density at radius 2 is 2.03 bits per heavy atom. The van der Waals surface area contributed by atoms with E-state index in [2.05, 4.69) is 26.0 Å². The maximum absolute atomic E-state index is 13.2. The molecule has 5 rings (SSSR count). The van der Waals surface area contributed by atoms with Crippen LogP contribution in [0.5, 0.6) is 0 Å². The van der Waals surface area contributed by atoms with Crippen LogP contribution in [0.2, 0.25) is 0 Å². The van der Waals surface area contributed by atoms with E-state index in [0.717, 1.165) is 25.7 Å². The number of nitrogens with zero attached hydrogens (tertiary/aromatic N) is 4. The molecule has 4 heterocycles. The molecular formula is C23H29N7O4. The highest BCUT2D eigenvalue weighted by Crippen LogP contribution is 2.25. The molecule has 2 aliphatic rings. The number of methoxy groups -OCH3 is 1. The van der Waals surface area contributed by atoms with Gasteiger partial charge < -0.3 is 30.0 Å². The molecule has 2 atom stereocenters. The Morgan fingerprint density at radius 1 is 1.21 bits per heavy atom. The number of rotatable bonds is 7. The molecule has 0 radical (unpaired) electrons. The zero-order valence-corrected chi connectivity index (χ0v) is 19.3. The van der Waals surface area contributed by atoms with Gasteiger partial charge >= 0.3 is 0 Å². The van der Waals surface area contributed by atoms with Crippen molar-refractivity contribution in [1.29, 1.82) is 0 Å². The standard InChI is InChI=1S/C23H29N7O4/c1-24-17-12-20(26-16-4-3-9-29(23(16)32)14-7-10-34-11-8-14)28-30-18(13-25-21(17)30)22(31)27-15-5-6-19(15)33-2/h3-4,9,12-15,19,24H,5-8,10-11H2,1-2H3,(H,26,28)(H,27,31)/t15?,19-/m0/s1. The highest BCUT2D eigenvalue weighted by Gasteiger charge is 2.33. The molecule has 1 saturated carbocycles. The smallest absolute Gasteiger partial charge is 0.274 e. The van der Waals surface area contributed by atoms with Crippen LogP contribution in [0.1, 0.15) is 42.2 Å². The molecule has 3 N–H and O–H groups in total. The van der Waals surface area contributed by atoms with Gasteiger partial charge in [-0.25, -0.2) is 9.50 Å². The highest BCUT2D eigenvalue weighted by molar-refractivity contribution is 5.94. The first-order valence-corrected chi connectivity index (χ1v) is 11.5. The van der Waals surface area contributed by atoms with Crippen molar-refractivity contribution in [2.45, 2.75) is 43.9 Å². The molecule has 11 nitrogen and oxygen atoms in total. The SMILES string of the molecule is CNc1cc(Nc2cccn(C3CCOCC3)c2=O)nn2c(C(=O)NC3CC[C@@H]3OC)cnc12. The minimum absolute atomic E-state index is 0.0252. The van der Waals surface area contributed by atoms with Crippen molar-refractivity contribution in [3.63, 3.8) is 0 Å². The van der Waals surface area contributed by atoms with Crippen LogP contribution in [0.25, 0.3) is 5.65 Å². The molecule has 1 saturated heterocycles. The first kappa shape index (κ1) is 22.4. The quantitative estimate of drug-likeness (QED) is 0.482. The first-order chi connectivity index (χ1) is 16.6. The molecule has 2 fully saturated rings. The number of nitrogens with one attached hydrogen (secondary N) is 3. The molecule has 0 spiro atoms. The maximum atomic E-state index is 13.2. The van der Waals surface area contributed by atoms with Gasteiger partial charge in [0.2, 0.25) is 0 Å². The van der Waals surface area contributed by atoms with Gasteiger partial charge in [0.25, 0.3) is 11.5 Å². The summed E-state index contributed by atoms with van der Waals surface area (Å²) in [7, 11) is 3.42. The molecule has 0 bridgehead atoms. The fraction of sp³-hybridized carbons (Fsp3) is 0.478. The molecule has 11 heteroatoms. The van der Waals surface area contributed by atoms with Crippen molar-refractivity contribution >= 4 is 28.7 Å². The van der Waals surface area contributed by atoms with Crippen LogP contribution in [0.15, 0.2) is 35.4 Å². The second-order valence-corrected chi connectivity index (χ2v) is 8.61. The lowest BCUT2D eigenvalue weighted by molar-refractivity contribution is 0.00718. The summed E-state index contributed by atoms with van der Waals surface area (Å²) < 4.78 is 14.1. The number of carbonyl (C=O) groups excluding carboxylic acids is 1. The van der Waals surface area contributed by atoms with E-state index < -0.39 is 0 Å². The average Bonchev–Trinajstić information content (AvgIpc) is 3.27. The van der Waals surface area contributed by atoms with Gasteiger partial charge in [-0.15, -0.1) is 5.10 Å². The molecule has 180 valence electrons. The molecule has 0 aromatic carbocycles. The number of amides is 1. The van der Waals surface area contributed by atoms with E-state index in [1.807, 2.05) is 12.3 Å². The zero-order valence-electron chi connectivity index (χ0n) is 19.3. The third-order valence-corrected chi connectivity index (χ3v) is 6.62. The van der Waals surface area contributed by atoms with Crippen molar-refractivity contribution in [2.75, 3.05) is 38.0 Å². The third-order valence-electron chi connectivity index (χ3n) is 6.62. The second kappa shape index (κ2) is 9.43. The van der Waals surface area contributed by atoms with E-state index in [0.29, 0.717) is 41.7 Å². The number of anilines is 3. The van der Waals surface area contributed by atoms with E-state index in [4.69, 9.17) is 9.47 Å². The van der Waals surface area contributed by atoms with E-state index in [1.165, 1.54) is 10.7 Å². The molecule has 1 aliphatic heterocycles. The van der Waals surface area contributed by atoms with E-state index in [9.17, 15) is 9.59 Å². The maximum Gasteiger partial charge on any atom is 0.274 e. The number of ether oxygens (including phenoxy) is 2. The molecule has 34 heavy (non-hydrogen) atoms. The Bertz CT molecular complexity index is 1250. The number of imidazole rings is 1. The molecule has 3 aromatic heterocycles. The summed E-state index contributed by atoms with van der Waals surface area (Å²) in [5.74, 6) is 0.150. The zero-order chi connectivity index (χ0) is 23.7. The van der Waals surface area contributed by atoms with Crippen LogP contribution < -0.4 is 21.5 Å². The monoisotopic (exact) mass is 467 g/mol. The number of fused-ring (bicyclic) bond motifs is 1. The Hall–Kier alpha value is -3.44. The summed E-state index contributed by atoms with van der Waals surface area (Å²) in [4.78, 5) is 30.5. The minimum Gasteiger partial charge on any atom is -0.385 e. The van der Waals surface area contributed by atoms with Gasteiger partial charge in [-0.2, -0.15) is 0 Å². The highest BCUT2D eigenvalue weighted by atomic mass is 16.5. The van der Waals surface area contributed by atoms with Crippen LogP contribution in [-0.4, -0.2) is 64.6 Å².